The Morgan fingerprint density at radius 1 is 1.47 bits per heavy atom. The number of ketones is 3. The highest BCUT2D eigenvalue weighted by Gasteiger charge is 2.53. The summed E-state index contributed by atoms with van der Waals surface area (Å²) in [4.78, 5) is 34.7. The third-order valence-electron chi connectivity index (χ3n) is 3.09. The van der Waals surface area contributed by atoms with Gasteiger partial charge in [0.25, 0.3) is 0 Å². The molecule has 3 nitrogen and oxygen atoms in total. The topological polar surface area (TPSA) is 51.2 Å². The van der Waals surface area contributed by atoms with Crippen molar-refractivity contribution < 1.29 is 14.4 Å². The van der Waals surface area contributed by atoms with E-state index in [1.54, 1.807) is 6.92 Å². The number of hydrogen-bond donors (Lipinski definition) is 0. The standard InChI is InChI=1S/C11H13ClO3/c1-6-4-9(15)10(7(2)13)11(6,5-12)8(3)14/h4,10H,5H2,1-3H3. The highest BCUT2D eigenvalue weighted by Crippen LogP contribution is 2.44. The number of halogens is 1. The summed E-state index contributed by atoms with van der Waals surface area (Å²) in [5.74, 6) is -1.79. The van der Waals surface area contributed by atoms with Crippen molar-refractivity contribution in [1.29, 1.82) is 0 Å². The molecule has 15 heavy (non-hydrogen) atoms. The van der Waals surface area contributed by atoms with Crippen molar-refractivity contribution in [1.82, 2.24) is 0 Å². The Morgan fingerprint density at radius 2 is 2.00 bits per heavy atom. The van der Waals surface area contributed by atoms with Crippen LogP contribution in [0.5, 0.6) is 0 Å². The van der Waals surface area contributed by atoms with Crippen LogP contribution in [0.4, 0.5) is 0 Å². The van der Waals surface area contributed by atoms with E-state index in [4.69, 9.17) is 11.6 Å². The van der Waals surface area contributed by atoms with Crippen LogP contribution < -0.4 is 0 Å². The molecule has 1 aliphatic rings. The van der Waals surface area contributed by atoms with E-state index >= 15 is 0 Å². The molecule has 0 bridgehead atoms. The van der Waals surface area contributed by atoms with E-state index in [9.17, 15) is 14.4 Å². The molecular formula is C11H13ClO3. The molecule has 82 valence electrons. The molecule has 0 aromatic heterocycles. The summed E-state index contributed by atoms with van der Waals surface area (Å²) in [7, 11) is 0. The third-order valence-corrected chi connectivity index (χ3v) is 3.51. The van der Waals surface area contributed by atoms with E-state index in [2.05, 4.69) is 0 Å². The molecule has 0 saturated carbocycles. The van der Waals surface area contributed by atoms with Crippen LogP contribution in [0.2, 0.25) is 0 Å². The van der Waals surface area contributed by atoms with Crippen LogP contribution in [-0.4, -0.2) is 23.2 Å². The Labute approximate surface area is 93.5 Å². The molecule has 0 fully saturated rings. The SMILES string of the molecule is CC(=O)C1C(=O)C=C(C)C1(CCl)C(C)=O. The monoisotopic (exact) mass is 228 g/mol. The van der Waals surface area contributed by atoms with Gasteiger partial charge in [-0.05, 0) is 26.8 Å². The maximum atomic E-state index is 11.6. The largest absolute Gasteiger partial charge is 0.299 e. The second-order valence-electron chi connectivity index (χ2n) is 3.93. The molecule has 0 heterocycles. The van der Waals surface area contributed by atoms with Crippen LogP contribution in [-0.2, 0) is 14.4 Å². The molecule has 2 atom stereocenters. The molecule has 0 aromatic rings. The number of allylic oxidation sites excluding steroid dienone is 2. The van der Waals surface area contributed by atoms with E-state index in [-0.39, 0.29) is 23.2 Å². The Hall–Kier alpha value is -0.960. The van der Waals surface area contributed by atoms with Crippen LogP contribution in [0, 0.1) is 11.3 Å². The maximum absolute atomic E-state index is 11.6. The predicted molar refractivity (Wildman–Crippen MR) is 56.8 cm³/mol. The number of hydrogen-bond acceptors (Lipinski definition) is 3. The minimum Gasteiger partial charge on any atom is -0.299 e. The van der Waals surface area contributed by atoms with Crippen LogP contribution in [0.25, 0.3) is 0 Å². The zero-order valence-corrected chi connectivity index (χ0v) is 9.72. The van der Waals surface area contributed by atoms with E-state index in [0.717, 1.165) is 0 Å². The van der Waals surface area contributed by atoms with Gasteiger partial charge in [0.2, 0.25) is 0 Å². The van der Waals surface area contributed by atoms with Crippen molar-refractivity contribution in [3.05, 3.63) is 11.6 Å². The molecule has 0 amide bonds. The first-order valence-corrected chi connectivity index (χ1v) is 5.21. The molecule has 1 aliphatic carbocycles. The van der Waals surface area contributed by atoms with Gasteiger partial charge < -0.3 is 0 Å². The van der Waals surface area contributed by atoms with Crippen molar-refractivity contribution in [2.24, 2.45) is 11.3 Å². The highest BCUT2D eigenvalue weighted by molar-refractivity contribution is 6.24. The lowest BCUT2D eigenvalue weighted by Crippen LogP contribution is -2.43. The van der Waals surface area contributed by atoms with E-state index in [1.807, 2.05) is 0 Å². The molecule has 0 aliphatic heterocycles. The zero-order chi connectivity index (χ0) is 11.8. The van der Waals surface area contributed by atoms with E-state index in [0.29, 0.717) is 5.57 Å². The normalized spacial score (nSPS) is 30.3. The van der Waals surface area contributed by atoms with E-state index < -0.39 is 11.3 Å². The quantitative estimate of drug-likeness (QED) is 0.544. The number of rotatable bonds is 3. The van der Waals surface area contributed by atoms with Crippen LogP contribution in [0.15, 0.2) is 11.6 Å². The van der Waals surface area contributed by atoms with Crippen molar-refractivity contribution in [3.63, 3.8) is 0 Å². The van der Waals surface area contributed by atoms with Gasteiger partial charge in [-0.1, -0.05) is 5.57 Å². The smallest absolute Gasteiger partial charge is 0.167 e. The lowest BCUT2D eigenvalue weighted by atomic mass is 9.71. The summed E-state index contributed by atoms with van der Waals surface area (Å²) in [6.45, 7) is 4.36. The van der Waals surface area contributed by atoms with Gasteiger partial charge in [-0.2, -0.15) is 0 Å². The Balaban J connectivity index is 3.35. The van der Waals surface area contributed by atoms with Crippen LogP contribution in [0.3, 0.4) is 0 Å². The van der Waals surface area contributed by atoms with Crippen molar-refractivity contribution >= 4 is 29.0 Å². The number of Topliss-reactive ketones (excluding diaryl/α,β-unsaturated/α-hetero) is 2. The number of carbonyl (C=O) groups excluding carboxylic acids is 3. The predicted octanol–water partition coefficient (Wildman–Crippen LogP) is 1.53. The van der Waals surface area contributed by atoms with Crippen LogP contribution >= 0.6 is 11.6 Å². The van der Waals surface area contributed by atoms with E-state index in [1.165, 1.54) is 19.9 Å². The van der Waals surface area contributed by atoms with Gasteiger partial charge in [0.15, 0.2) is 5.78 Å². The fraction of sp³-hybridized carbons (Fsp3) is 0.545. The van der Waals surface area contributed by atoms with Gasteiger partial charge in [-0.15, -0.1) is 11.6 Å². The number of alkyl halides is 1. The minimum absolute atomic E-state index is 0.0271. The Kier molecular flexibility index (Phi) is 3.14. The molecule has 0 radical (unpaired) electrons. The summed E-state index contributed by atoms with van der Waals surface area (Å²) in [6.07, 6.45) is 1.36. The van der Waals surface area contributed by atoms with Crippen molar-refractivity contribution in [2.75, 3.05) is 5.88 Å². The summed E-state index contributed by atoms with van der Waals surface area (Å²) in [5, 5.41) is 0. The first-order chi connectivity index (χ1) is 6.87. The second-order valence-corrected chi connectivity index (χ2v) is 4.20. The molecule has 2 unspecified atom stereocenters. The summed E-state index contributed by atoms with van der Waals surface area (Å²) in [5.41, 5.74) is -0.514. The number of carbonyl (C=O) groups is 3. The van der Waals surface area contributed by atoms with Crippen molar-refractivity contribution in [3.8, 4) is 0 Å². The molecule has 0 spiro atoms. The molecule has 0 aromatic carbocycles. The molecular weight excluding hydrogens is 216 g/mol. The lowest BCUT2D eigenvalue weighted by Gasteiger charge is -2.30. The molecule has 4 heteroatoms. The van der Waals surface area contributed by atoms with Gasteiger partial charge >= 0.3 is 0 Å². The fourth-order valence-corrected chi connectivity index (χ4v) is 2.75. The molecule has 0 N–H and O–H groups in total. The summed E-state index contributed by atoms with van der Waals surface area (Å²) < 4.78 is 0. The van der Waals surface area contributed by atoms with Gasteiger partial charge in [-0.25, -0.2) is 0 Å². The zero-order valence-electron chi connectivity index (χ0n) is 8.96. The van der Waals surface area contributed by atoms with Gasteiger partial charge in [-0.3, -0.25) is 14.4 Å². The average Bonchev–Trinajstić information content (AvgIpc) is 2.37. The molecule has 1 rings (SSSR count). The lowest BCUT2D eigenvalue weighted by molar-refractivity contribution is -0.138. The first-order valence-electron chi connectivity index (χ1n) is 4.68. The summed E-state index contributed by atoms with van der Waals surface area (Å²) >= 11 is 5.79. The highest BCUT2D eigenvalue weighted by atomic mass is 35.5. The average molecular weight is 229 g/mol. The minimum atomic E-state index is -1.11. The Bertz CT molecular complexity index is 370. The van der Waals surface area contributed by atoms with Crippen LogP contribution in [0.1, 0.15) is 20.8 Å². The third kappa shape index (κ3) is 1.55. The maximum Gasteiger partial charge on any atom is 0.167 e. The van der Waals surface area contributed by atoms with Gasteiger partial charge in [0.05, 0.1) is 11.3 Å². The fourth-order valence-electron chi connectivity index (χ4n) is 2.20. The molecule has 0 saturated heterocycles. The van der Waals surface area contributed by atoms with Crippen molar-refractivity contribution in [2.45, 2.75) is 20.8 Å². The second kappa shape index (κ2) is 3.89. The van der Waals surface area contributed by atoms with Gasteiger partial charge in [0.1, 0.15) is 11.6 Å². The van der Waals surface area contributed by atoms with Gasteiger partial charge in [0, 0.05) is 5.88 Å². The summed E-state index contributed by atoms with van der Waals surface area (Å²) in [6, 6.07) is 0. The Morgan fingerprint density at radius 3 is 2.27 bits per heavy atom. The first kappa shape index (κ1) is 12.1.